The number of rotatable bonds is 5. The molecule has 0 radical (unpaired) electrons. The Morgan fingerprint density at radius 2 is 2.12 bits per heavy atom. The summed E-state index contributed by atoms with van der Waals surface area (Å²) in [5, 5.41) is 0.724. The fourth-order valence-corrected chi connectivity index (χ4v) is 3.30. The highest BCUT2D eigenvalue weighted by molar-refractivity contribution is 7.92. The molecule has 1 N–H and O–H groups in total. The molecule has 1 amide bonds. The molecule has 2 rings (SSSR count). The van der Waals surface area contributed by atoms with E-state index in [1.807, 2.05) is 0 Å². The van der Waals surface area contributed by atoms with Crippen LogP contribution >= 0.6 is 11.6 Å². The maximum Gasteiger partial charge on any atom is 0.416 e. The lowest BCUT2D eigenvalue weighted by Gasteiger charge is -2.18. The first kappa shape index (κ1) is 19.7. The normalized spacial score (nSPS) is 18.4. The lowest BCUT2D eigenvalue weighted by Crippen LogP contribution is -2.32. The van der Waals surface area contributed by atoms with Gasteiger partial charge in [0.15, 0.2) is 0 Å². The Bertz CT molecular complexity index is 781. The van der Waals surface area contributed by atoms with Crippen molar-refractivity contribution >= 4 is 27.5 Å². The highest BCUT2D eigenvalue weighted by Crippen LogP contribution is 2.32. The number of sulfonamides is 1. The van der Waals surface area contributed by atoms with Crippen LogP contribution in [0.5, 0.6) is 0 Å². The standard InChI is InChI=1S/C15H16ClF3N2O3S/c1-2-25(23,24)20-8-10-5-6-21(9-10)14(22)12-7-11(15(17,18)19)3-4-13(12)16/h2-4,7,10,20H,1,5-6,8-9H2/t10-/m1/s1. The number of halogens is 4. The number of nitrogens with zero attached hydrogens (tertiary/aromatic N) is 1. The average Bonchev–Trinajstić information content (AvgIpc) is 3.01. The summed E-state index contributed by atoms with van der Waals surface area (Å²) in [6.45, 7) is 3.83. The number of amides is 1. The second kappa shape index (κ2) is 7.35. The van der Waals surface area contributed by atoms with Crippen LogP contribution in [-0.2, 0) is 16.2 Å². The van der Waals surface area contributed by atoms with Crippen molar-refractivity contribution in [2.75, 3.05) is 19.6 Å². The van der Waals surface area contributed by atoms with Crippen LogP contribution in [0.25, 0.3) is 0 Å². The van der Waals surface area contributed by atoms with Gasteiger partial charge in [0.05, 0.1) is 16.1 Å². The minimum absolute atomic E-state index is 0.0613. The van der Waals surface area contributed by atoms with E-state index in [-0.39, 0.29) is 29.6 Å². The molecule has 138 valence electrons. The monoisotopic (exact) mass is 396 g/mol. The van der Waals surface area contributed by atoms with E-state index in [1.165, 1.54) is 4.90 Å². The molecule has 0 aliphatic carbocycles. The van der Waals surface area contributed by atoms with Crippen LogP contribution in [0.1, 0.15) is 22.3 Å². The number of hydrogen-bond donors (Lipinski definition) is 1. The Balaban J connectivity index is 2.08. The third-order valence-electron chi connectivity index (χ3n) is 3.89. The summed E-state index contributed by atoms with van der Waals surface area (Å²) in [5.41, 5.74) is -1.17. The fourth-order valence-electron chi connectivity index (χ4n) is 2.51. The molecule has 0 saturated carbocycles. The molecule has 0 aromatic heterocycles. The van der Waals surface area contributed by atoms with Crippen LogP contribution in [-0.4, -0.2) is 38.9 Å². The van der Waals surface area contributed by atoms with Gasteiger partial charge in [-0.25, -0.2) is 13.1 Å². The number of alkyl halides is 3. The summed E-state index contributed by atoms with van der Waals surface area (Å²) in [6.07, 6.45) is -4.04. The van der Waals surface area contributed by atoms with Crippen LogP contribution < -0.4 is 4.72 Å². The highest BCUT2D eigenvalue weighted by atomic mass is 35.5. The highest BCUT2D eigenvalue weighted by Gasteiger charge is 2.33. The quantitative estimate of drug-likeness (QED) is 0.832. The third kappa shape index (κ3) is 4.96. The maximum absolute atomic E-state index is 12.8. The van der Waals surface area contributed by atoms with E-state index in [4.69, 9.17) is 11.6 Å². The predicted octanol–water partition coefficient (Wildman–Crippen LogP) is 2.88. The Morgan fingerprint density at radius 1 is 1.44 bits per heavy atom. The Hall–Kier alpha value is -1.58. The first-order valence-corrected chi connectivity index (χ1v) is 9.24. The van der Waals surface area contributed by atoms with E-state index in [2.05, 4.69) is 11.3 Å². The van der Waals surface area contributed by atoms with E-state index >= 15 is 0 Å². The van der Waals surface area contributed by atoms with Crippen LogP contribution in [0, 0.1) is 5.92 Å². The van der Waals surface area contributed by atoms with Crippen molar-refractivity contribution in [2.24, 2.45) is 5.92 Å². The number of carbonyl (C=O) groups excluding carboxylic acids is 1. The van der Waals surface area contributed by atoms with Gasteiger partial charge in [0, 0.05) is 25.0 Å². The SMILES string of the molecule is C=CS(=O)(=O)NC[C@H]1CCN(C(=O)c2cc(C(F)(F)F)ccc2Cl)C1. The van der Waals surface area contributed by atoms with E-state index in [0.29, 0.717) is 13.0 Å². The van der Waals surface area contributed by atoms with Crippen molar-refractivity contribution < 1.29 is 26.4 Å². The van der Waals surface area contributed by atoms with Gasteiger partial charge in [0.1, 0.15) is 0 Å². The first-order valence-electron chi connectivity index (χ1n) is 7.31. The van der Waals surface area contributed by atoms with Crippen LogP contribution in [0.2, 0.25) is 5.02 Å². The number of carbonyl (C=O) groups is 1. The number of hydrogen-bond acceptors (Lipinski definition) is 3. The van der Waals surface area contributed by atoms with E-state index in [1.54, 1.807) is 0 Å². The number of benzene rings is 1. The summed E-state index contributed by atoms with van der Waals surface area (Å²) in [5.74, 6) is -0.742. The second-order valence-corrected chi connectivity index (χ2v) is 7.78. The minimum atomic E-state index is -4.57. The van der Waals surface area contributed by atoms with Crippen molar-refractivity contribution in [3.63, 3.8) is 0 Å². The van der Waals surface area contributed by atoms with E-state index < -0.39 is 27.7 Å². The molecule has 1 aromatic rings. The van der Waals surface area contributed by atoms with Gasteiger partial charge >= 0.3 is 6.18 Å². The van der Waals surface area contributed by atoms with Crippen LogP contribution in [0.3, 0.4) is 0 Å². The zero-order valence-corrected chi connectivity index (χ0v) is 14.6. The van der Waals surface area contributed by atoms with Gasteiger partial charge in [-0.1, -0.05) is 18.2 Å². The van der Waals surface area contributed by atoms with Crippen molar-refractivity contribution in [2.45, 2.75) is 12.6 Å². The predicted molar refractivity (Wildman–Crippen MR) is 87.6 cm³/mol. The van der Waals surface area contributed by atoms with Crippen molar-refractivity contribution in [3.05, 3.63) is 46.3 Å². The Labute approximate surface area is 148 Å². The average molecular weight is 397 g/mol. The molecule has 1 saturated heterocycles. The summed E-state index contributed by atoms with van der Waals surface area (Å²) < 4.78 is 63.4. The number of likely N-dealkylation sites (tertiary alicyclic amines) is 1. The zero-order valence-electron chi connectivity index (χ0n) is 13.0. The molecule has 1 aliphatic heterocycles. The smallest absolute Gasteiger partial charge is 0.338 e. The minimum Gasteiger partial charge on any atom is -0.338 e. The molecule has 0 spiro atoms. The van der Waals surface area contributed by atoms with Gasteiger partial charge in [-0.05, 0) is 30.5 Å². The van der Waals surface area contributed by atoms with Gasteiger partial charge in [-0.2, -0.15) is 13.2 Å². The molecule has 1 aliphatic rings. The maximum atomic E-state index is 12.8. The van der Waals surface area contributed by atoms with Gasteiger partial charge in [-0.3, -0.25) is 4.79 Å². The molecular weight excluding hydrogens is 381 g/mol. The van der Waals surface area contributed by atoms with Gasteiger partial charge in [-0.15, -0.1) is 0 Å². The lowest BCUT2D eigenvalue weighted by atomic mass is 10.1. The van der Waals surface area contributed by atoms with Gasteiger partial charge in [0.2, 0.25) is 10.0 Å². The van der Waals surface area contributed by atoms with Crippen molar-refractivity contribution in [1.29, 1.82) is 0 Å². The van der Waals surface area contributed by atoms with Crippen molar-refractivity contribution in [1.82, 2.24) is 9.62 Å². The largest absolute Gasteiger partial charge is 0.416 e. The van der Waals surface area contributed by atoms with Crippen molar-refractivity contribution in [3.8, 4) is 0 Å². The molecule has 0 bridgehead atoms. The topological polar surface area (TPSA) is 66.5 Å². The zero-order chi connectivity index (χ0) is 18.8. The molecule has 25 heavy (non-hydrogen) atoms. The first-order chi connectivity index (χ1) is 11.5. The Morgan fingerprint density at radius 3 is 2.72 bits per heavy atom. The second-order valence-electron chi connectivity index (χ2n) is 5.66. The third-order valence-corrected chi connectivity index (χ3v) is 5.23. The van der Waals surface area contributed by atoms with Crippen LogP contribution in [0.4, 0.5) is 13.2 Å². The molecule has 1 fully saturated rings. The van der Waals surface area contributed by atoms with Crippen LogP contribution in [0.15, 0.2) is 30.2 Å². The summed E-state index contributed by atoms with van der Waals surface area (Å²) >= 11 is 5.88. The van der Waals surface area contributed by atoms with E-state index in [0.717, 1.165) is 23.6 Å². The summed E-state index contributed by atoms with van der Waals surface area (Å²) in [7, 11) is -3.56. The molecule has 1 atom stereocenters. The van der Waals surface area contributed by atoms with E-state index in [9.17, 15) is 26.4 Å². The fraction of sp³-hybridized carbons (Fsp3) is 0.400. The molecule has 1 heterocycles. The number of nitrogens with one attached hydrogen (secondary N) is 1. The molecular formula is C15H16ClF3N2O3S. The van der Waals surface area contributed by atoms with Gasteiger partial charge in [0.25, 0.3) is 5.91 Å². The lowest BCUT2D eigenvalue weighted by molar-refractivity contribution is -0.137. The molecule has 5 nitrogen and oxygen atoms in total. The Kier molecular flexibility index (Phi) is 5.80. The summed E-state index contributed by atoms with van der Waals surface area (Å²) in [4.78, 5) is 13.8. The molecule has 0 unspecified atom stereocenters. The van der Waals surface area contributed by atoms with Gasteiger partial charge < -0.3 is 4.90 Å². The molecule has 10 heteroatoms. The summed E-state index contributed by atoms with van der Waals surface area (Å²) in [6, 6.07) is 2.59. The molecule has 1 aromatic carbocycles.